The van der Waals surface area contributed by atoms with Crippen LogP contribution in [0.25, 0.3) is 0 Å². The quantitative estimate of drug-likeness (QED) is 0.170. The van der Waals surface area contributed by atoms with E-state index in [9.17, 15) is 34.5 Å². The number of esters is 2. The normalized spacial score (nSPS) is 42.3. The second-order valence-electron chi connectivity index (χ2n) is 9.60. The number of Topliss-reactive ketones (excluding diaryl/α,β-unsaturated/α-hetero) is 2. The number of ether oxygens (including phenoxy) is 3. The van der Waals surface area contributed by atoms with E-state index in [0.717, 1.165) is 0 Å². The van der Waals surface area contributed by atoms with Gasteiger partial charge in [0, 0.05) is 23.5 Å². The average molecular weight is 488 g/mol. The Hall–Kier alpha value is -3.08. The van der Waals surface area contributed by atoms with Gasteiger partial charge in [-0.25, -0.2) is 9.59 Å². The molecule has 5 rings (SSSR count). The molecule has 3 saturated carbocycles. The maximum atomic E-state index is 13.7. The minimum atomic E-state index is -2.23. The Kier molecular flexibility index (Phi) is 5.90. The first-order chi connectivity index (χ1) is 16.4. The van der Waals surface area contributed by atoms with Gasteiger partial charge >= 0.3 is 11.9 Å². The van der Waals surface area contributed by atoms with Crippen molar-refractivity contribution in [3.8, 4) is 0 Å². The van der Waals surface area contributed by atoms with Crippen LogP contribution in [0.15, 0.2) is 47.3 Å². The first-order valence-electron chi connectivity index (χ1n) is 11.3. The number of ketones is 2. The lowest BCUT2D eigenvalue weighted by Gasteiger charge is -2.61. The van der Waals surface area contributed by atoms with E-state index in [0.29, 0.717) is 0 Å². The van der Waals surface area contributed by atoms with E-state index in [4.69, 9.17) is 14.2 Å². The van der Waals surface area contributed by atoms with Crippen LogP contribution in [0.4, 0.5) is 0 Å². The minimum Gasteiger partial charge on any atom is -0.508 e. The second kappa shape index (κ2) is 8.25. The fraction of sp³-hybridized carbons (Fsp3) is 0.520. The lowest BCUT2D eigenvalue weighted by molar-refractivity contribution is -0.275. The van der Waals surface area contributed by atoms with Crippen molar-refractivity contribution >= 4 is 23.5 Å². The molecular weight excluding hydrogens is 460 g/mol. The Labute approximate surface area is 201 Å². The summed E-state index contributed by atoms with van der Waals surface area (Å²) < 4.78 is 16.4. The van der Waals surface area contributed by atoms with Crippen LogP contribution in [-0.2, 0) is 33.4 Å². The Balaban J connectivity index is 1.81. The summed E-state index contributed by atoms with van der Waals surface area (Å²) in [5, 5.41) is 32.3. The van der Waals surface area contributed by atoms with Crippen LogP contribution in [0.5, 0.6) is 0 Å². The highest BCUT2D eigenvalue weighted by Crippen LogP contribution is 2.61. The van der Waals surface area contributed by atoms with Gasteiger partial charge in [0.1, 0.15) is 29.0 Å². The van der Waals surface area contributed by atoms with Crippen molar-refractivity contribution in [3.05, 3.63) is 47.3 Å². The monoisotopic (exact) mass is 488 g/mol. The fourth-order valence-electron chi connectivity index (χ4n) is 5.72. The number of hydrogen-bond acceptors (Lipinski definition) is 10. The summed E-state index contributed by atoms with van der Waals surface area (Å²) in [5.41, 5.74) is -6.51. The van der Waals surface area contributed by atoms with Crippen LogP contribution >= 0.6 is 0 Å². The molecule has 4 aliphatic carbocycles. The summed E-state index contributed by atoms with van der Waals surface area (Å²) >= 11 is 0. The van der Waals surface area contributed by atoms with Gasteiger partial charge in [-0.05, 0) is 39.3 Å². The molecule has 0 aromatic carbocycles. The summed E-state index contributed by atoms with van der Waals surface area (Å²) in [5.74, 6) is -5.23. The van der Waals surface area contributed by atoms with Gasteiger partial charge in [-0.1, -0.05) is 18.2 Å². The van der Waals surface area contributed by atoms with Gasteiger partial charge in [0.25, 0.3) is 0 Å². The number of aliphatic hydroxyl groups is 3. The van der Waals surface area contributed by atoms with Crippen LogP contribution in [0, 0.1) is 11.3 Å². The average Bonchev–Trinajstić information content (AvgIpc) is 2.81. The van der Waals surface area contributed by atoms with E-state index in [1.807, 2.05) is 0 Å². The summed E-state index contributed by atoms with van der Waals surface area (Å²) in [4.78, 5) is 52.7. The van der Waals surface area contributed by atoms with Crippen LogP contribution in [-0.4, -0.2) is 75.4 Å². The molecule has 0 aromatic rings. The zero-order valence-corrected chi connectivity index (χ0v) is 19.8. The largest absolute Gasteiger partial charge is 0.508 e. The number of rotatable bonds is 3. The third-order valence-electron chi connectivity index (χ3n) is 7.64. The van der Waals surface area contributed by atoms with Gasteiger partial charge in [0.15, 0.2) is 23.3 Å². The van der Waals surface area contributed by atoms with Crippen molar-refractivity contribution < 1.29 is 48.7 Å². The molecule has 1 saturated heterocycles. The molecule has 188 valence electrons. The first-order valence-corrected chi connectivity index (χ1v) is 11.3. The molecule has 1 spiro atoms. The fourth-order valence-corrected chi connectivity index (χ4v) is 5.72. The molecule has 10 nitrogen and oxygen atoms in total. The van der Waals surface area contributed by atoms with Gasteiger partial charge in [-0.15, -0.1) is 0 Å². The van der Waals surface area contributed by atoms with Crippen molar-refractivity contribution in [1.29, 1.82) is 0 Å². The second-order valence-corrected chi connectivity index (χ2v) is 9.60. The number of aliphatic hydroxyl groups excluding tert-OH is 2. The van der Waals surface area contributed by atoms with E-state index < -0.39 is 70.1 Å². The van der Waals surface area contributed by atoms with Crippen LogP contribution in [0.3, 0.4) is 0 Å². The van der Waals surface area contributed by atoms with E-state index in [2.05, 4.69) is 0 Å². The molecule has 35 heavy (non-hydrogen) atoms. The first kappa shape index (κ1) is 25.0. The molecular formula is C25H28O10. The predicted molar refractivity (Wildman–Crippen MR) is 119 cm³/mol. The van der Waals surface area contributed by atoms with Crippen molar-refractivity contribution in [1.82, 2.24) is 0 Å². The number of methoxy groups -OCH3 is 1. The molecule has 4 fully saturated rings. The lowest BCUT2D eigenvalue weighted by Crippen LogP contribution is -2.79. The number of fused-ring (bicyclic) bond motifs is 3. The third-order valence-corrected chi connectivity index (χ3v) is 7.64. The maximum Gasteiger partial charge on any atom is 0.340 e. The van der Waals surface area contributed by atoms with Gasteiger partial charge in [0.05, 0.1) is 7.11 Å². The zero-order valence-electron chi connectivity index (χ0n) is 19.8. The summed E-state index contributed by atoms with van der Waals surface area (Å²) in [6.45, 7) is 4.20. The maximum absolute atomic E-state index is 13.7. The molecule has 1 heterocycles. The van der Waals surface area contributed by atoms with E-state index >= 15 is 0 Å². The highest BCUT2D eigenvalue weighted by molar-refractivity contribution is 6.25. The van der Waals surface area contributed by atoms with Crippen molar-refractivity contribution in [3.63, 3.8) is 0 Å². The number of carbonyl (C=O) groups excluding carboxylic acids is 4. The number of hydrogen-bond donors (Lipinski definition) is 3. The standard InChI is InChI=1S/C25H28O10/c1-5-6-7-8-14(26)17-13-11-25(23(2,19(17)28)21(30)24(13,3)32)22(31)34-18-15(27)9-12(20(29)33-4)10-16(18)35-25/h5-9,13,15-16,18,26-27,32H,10-11H2,1-4H3/b6-5+,8-7+,17-14-/t13-,15-,16+,18+,23+,24-,25+/m1/s1. The molecule has 0 aromatic heterocycles. The molecule has 1 aliphatic heterocycles. The van der Waals surface area contributed by atoms with Gasteiger partial charge in [-0.3, -0.25) is 9.59 Å². The molecule has 7 atom stereocenters. The van der Waals surface area contributed by atoms with Crippen LogP contribution in [0.1, 0.15) is 33.6 Å². The zero-order chi connectivity index (χ0) is 25.9. The van der Waals surface area contributed by atoms with Gasteiger partial charge in [-0.2, -0.15) is 0 Å². The van der Waals surface area contributed by atoms with Gasteiger partial charge in [0.2, 0.25) is 0 Å². The summed E-state index contributed by atoms with van der Waals surface area (Å²) in [6, 6.07) is 0. The highest BCUT2D eigenvalue weighted by atomic mass is 16.6. The SMILES string of the molecule is C/C=C/C=C/C(O)=C1/C(=O)[C@@]2(C)C(=O)[C@](C)(O)[C@@H]1C[C@@]21O[C@H]2CC(C(=O)OC)=C[C@@H](O)[C@@H]2OC1=O. The van der Waals surface area contributed by atoms with Gasteiger partial charge < -0.3 is 29.5 Å². The van der Waals surface area contributed by atoms with E-state index in [1.54, 1.807) is 19.1 Å². The molecule has 0 unspecified atom stereocenters. The molecule has 5 aliphatic rings. The Bertz CT molecular complexity index is 1130. The Morgan fingerprint density at radius 3 is 2.54 bits per heavy atom. The van der Waals surface area contributed by atoms with Crippen LogP contribution in [0.2, 0.25) is 0 Å². The van der Waals surface area contributed by atoms with Crippen molar-refractivity contribution in [2.24, 2.45) is 11.3 Å². The van der Waals surface area contributed by atoms with Crippen molar-refractivity contribution in [2.75, 3.05) is 7.11 Å². The van der Waals surface area contributed by atoms with E-state index in [1.165, 1.54) is 39.2 Å². The Morgan fingerprint density at radius 2 is 1.91 bits per heavy atom. The van der Waals surface area contributed by atoms with E-state index in [-0.39, 0.29) is 24.0 Å². The molecule has 2 bridgehead atoms. The molecule has 0 amide bonds. The third kappa shape index (κ3) is 3.27. The smallest absolute Gasteiger partial charge is 0.340 e. The van der Waals surface area contributed by atoms with Crippen LogP contribution < -0.4 is 0 Å². The number of carbonyl (C=O) groups is 4. The lowest BCUT2D eigenvalue weighted by atomic mass is 9.45. The Morgan fingerprint density at radius 1 is 1.23 bits per heavy atom. The molecule has 3 N–H and O–H groups in total. The molecule has 10 heteroatoms. The predicted octanol–water partition coefficient (Wildman–Crippen LogP) is 0.773. The van der Waals surface area contributed by atoms with Crippen molar-refractivity contribution in [2.45, 2.75) is 63.1 Å². The summed E-state index contributed by atoms with van der Waals surface area (Å²) in [6.07, 6.45) is 3.29. The minimum absolute atomic E-state index is 0.0943. The highest BCUT2D eigenvalue weighted by Gasteiger charge is 2.79. The summed E-state index contributed by atoms with van der Waals surface area (Å²) in [7, 11) is 1.18. The topological polar surface area (TPSA) is 157 Å². The number of allylic oxidation sites excluding steroid dienone is 4. The molecule has 0 radical (unpaired) electrons.